The van der Waals surface area contributed by atoms with E-state index in [9.17, 15) is 4.79 Å². The smallest absolute Gasteiger partial charge is 0.310 e. The monoisotopic (exact) mass is 364 g/mol. The molecule has 142 valence electrons. The van der Waals surface area contributed by atoms with Crippen molar-refractivity contribution in [1.29, 1.82) is 0 Å². The lowest BCUT2D eigenvalue weighted by molar-refractivity contribution is -0.147. The fraction of sp³-hybridized carbons (Fsp3) is 0.458. The van der Waals surface area contributed by atoms with Crippen LogP contribution in [0.3, 0.4) is 0 Å². The molecule has 1 aliphatic heterocycles. The predicted octanol–water partition coefficient (Wildman–Crippen LogP) is 5.15. The van der Waals surface area contributed by atoms with Crippen molar-refractivity contribution >= 4 is 5.97 Å². The molecular weight excluding hydrogens is 336 g/mol. The highest BCUT2D eigenvalue weighted by Crippen LogP contribution is 2.66. The van der Waals surface area contributed by atoms with Gasteiger partial charge in [0.05, 0.1) is 17.6 Å². The average molecular weight is 364 g/mol. The summed E-state index contributed by atoms with van der Waals surface area (Å²) in [7, 11) is 0. The minimum absolute atomic E-state index is 0.0452. The first kappa shape index (κ1) is 18.2. The molecule has 0 spiro atoms. The van der Waals surface area contributed by atoms with Gasteiger partial charge in [0.2, 0.25) is 0 Å². The number of esters is 1. The second-order valence-corrected chi connectivity index (χ2v) is 9.03. The summed E-state index contributed by atoms with van der Waals surface area (Å²) in [6.45, 7) is 10.9. The first-order chi connectivity index (χ1) is 12.7. The van der Waals surface area contributed by atoms with Crippen LogP contribution in [0.2, 0.25) is 0 Å². The Morgan fingerprint density at radius 3 is 2.33 bits per heavy atom. The van der Waals surface area contributed by atoms with Gasteiger partial charge in [-0.1, -0.05) is 62.4 Å². The third-order valence-electron chi connectivity index (χ3n) is 6.45. The highest BCUT2D eigenvalue weighted by molar-refractivity contribution is 5.78. The van der Waals surface area contributed by atoms with Crippen molar-refractivity contribution in [3.63, 3.8) is 0 Å². The lowest BCUT2D eigenvalue weighted by Gasteiger charge is -2.12. The molecule has 3 heteroatoms. The van der Waals surface area contributed by atoms with Gasteiger partial charge >= 0.3 is 5.97 Å². The fourth-order valence-corrected chi connectivity index (χ4v) is 4.50. The molecule has 1 saturated carbocycles. The zero-order valence-electron chi connectivity index (χ0n) is 16.8. The molecule has 0 N–H and O–H groups in total. The molecule has 4 rings (SSSR count). The van der Waals surface area contributed by atoms with Crippen molar-refractivity contribution in [3.05, 3.63) is 59.7 Å². The lowest BCUT2D eigenvalue weighted by Crippen LogP contribution is -2.13. The average Bonchev–Trinajstić information content (AvgIpc) is 3.44. The standard InChI is InChI=1S/C24H28O3/c1-15-17(12-9-13-18(15)16-10-7-6-8-11-16)14-26-22(25)20-19(23(20,2)3)21-24(4,5)27-21/h6-13,19-21H,14H2,1-5H3. The van der Waals surface area contributed by atoms with Crippen LogP contribution in [0, 0.1) is 24.2 Å². The molecule has 2 aliphatic rings. The van der Waals surface area contributed by atoms with E-state index in [1.54, 1.807) is 0 Å². The summed E-state index contributed by atoms with van der Waals surface area (Å²) in [6.07, 6.45) is 0.174. The summed E-state index contributed by atoms with van der Waals surface area (Å²) in [5.74, 6) is 0.0967. The number of epoxide rings is 1. The van der Waals surface area contributed by atoms with Crippen molar-refractivity contribution in [2.75, 3.05) is 0 Å². The van der Waals surface area contributed by atoms with Gasteiger partial charge in [0, 0.05) is 5.92 Å². The molecule has 2 fully saturated rings. The molecule has 2 aromatic rings. The summed E-state index contributed by atoms with van der Waals surface area (Å²) < 4.78 is 11.5. The Hall–Kier alpha value is -2.13. The zero-order valence-corrected chi connectivity index (χ0v) is 16.8. The largest absolute Gasteiger partial charge is 0.461 e. The van der Waals surface area contributed by atoms with Gasteiger partial charge in [0.25, 0.3) is 0 Å². The molecule has 3 unspecified atom stereocenters. The normalized spacial score (nSPS) is 27.1. The Kier molecular flexibility index (Phi) is 4.19. The number of benzene rings is 2. The Morgan fingerprint density at radius 2 is 1.70 bits per heavy atom. The molecule has 27 heavy (non-hydrogen) atoms. The van der Waals surface area contributed by atoms with Gasteiger partial charge in [0.15, 0.2) is 0 Å². The maximum atomic E-state index is 12.7. The summed E-state index contributed by atoms with van der Waals surface area (Å²) >= 11 is 0. The summed E-state index contributed by atoms with van der Waals surface area (Å²) in [6, 6.07) is 16.5. The number of hydrogen-bond acceptors (Lipinski definition) is 3. The molecule has 1 saturated heterocycles. The topological polar surface area (TPSA) is 38.8 Å². The summed E-state index contributed by atoms with van der Waals surface area (Å²) in [5.41, 5.74) is 4.44. The van der Waals surface area contributed by atoms with Crippen LogP contribution < -0.4 is 0 Å². The molecule has 0 radical (unpaired) electrons. The van der Waals surface area contributed by atoms with Crippen LogP contribution in [0.25, 0.3) is 11.1 Å². The highest BCUT2D eigenvalue weighted by atomic mass is 16.6. The number of carbonyl (C=O) groups is 1. The lowest BCUT2D eigenvalue weighted by atomic mass is 9.97. The van der Waals surface area contributed by atoms with Gasteiger partial charge in [-0.15, -0.1) is 0 Å². The van der Waals surface area contributed by atoms with Crippen LogP contribution in [0.1, 0.15) is 38.8 Å². The molecule has 0 amide bonds. The Morgan fingerprint density at radius 1 is 1.04 bits per heavy atom. The van der Waals surface area contributed by atoms with Crippen LogP contribution in [0.4, 0.5) is 0 Å². The third-order valence-corrected chi connectivity index (χ3v) is 6.45. The van der Waals surface area contributed by atoms with Gasteiger partial charge in [-0.2, -0.15) is 0 Å². The predicted molar refractivity (Wildman–Crippen MR) is 106 cm³/mol. The van der Waals surface area contributed by atoms with E-state index in [4.69, 9.17) is 9.47 Å². The zero-order chi connectivity index (χ0) is 19.4. The van der Waals surface area contributed by atoms with E-state index < -0.39 is 0 Å². The fourth-order valence-electron chi connectivity index (χ4n) is 4.50. The van der Waals surface area contributed by atoms with Crippen LogP contribution in [0.5, 0.6) is 0 Å². The van der Waals surface area contributed by atoms with Crippen molar-refractivity contribution in [2.24, 2.45) is 17.3 Å². The van der Waals surface area contributed by atoms with Crippen molar-refractivity contribution < 1.29 is 14.3 Å². The van der Waals surface area contributed by atoms with Gasteiger partial charge in [-0.05, 0) is 48.4 Å². The second-order valence-electron chi connectivity index (χ2n) is 9.03. The van der Waals surface area contributed by atoms with Crippen LogP contribution >= 0.6 is 0 Å². The number of ether oxygens (including phenoxy) is 2. The van der Waals surface area contributed by atoms with Crippen molar-refractivity contribution in [3.8, 4) is 11.1 Å². The molecule has 1 aliphatic carbocycles. The Balaban J connectivity index is 1.45. The second kappa shape index (κ2) is 6.20. The molecule has 0 aromatic heterocycles. The van der Waals surface area contributed by atoms with Crippen molar-refractivity contribution in [1.82, 2.24) is 0 Å². The quantitative estimate of drug-likeness (QED) is 0.544. The first-order valence-corrected chi connectivity index (χ1v) is 9.72. The van der Waals surface area contributed by atoms with E-state index in [-0.39, 0.29) is 34.9 Å². The molecule has 0 bridgehead atoms. The van der Waals surface area contributed by atoms with E-state index in [1.807, 2.05) is 30.3 Å². The number of rotatable bonds is 5. The first-order valence-electron chi connectivity index (χ1n) is 9.72. The van der Waals surface area contributed by atoms with Crippen LogP contribution in [-0.4, -0.2) is 17.7 Å². The SMILES string of the molecule is Cc1c(COC(=O)C2C(C3OC3(C)C)C2(C)C)cccc1-c1ccccc1. The number of carbonyl (C=O) groups excluding carboxylic acids is 1. The van der Waals surface area contributed by atoms with Gasteiger partial charge in [-0.3, -0.25) is 4.79 Å². The van der Waals surface area contributed by atoms with E-state index in [0.717, 1.165) is 11.1 Å². The minimum atomic E-state index is -0.0996. The van der Waals surface area contributed by atoms with Gasteiger partial charge in [-0.25, -0.2) is 0 Å². The summed E-state index contributed by atoms with van der Waals surface area (Å²) in [4.78, 5) is 12.7. The molecular formula is C24H28O3. The van der Waals surface area contributed by atoms with Crippen molar-refractivity contribution in [2.45, 2.75) is 52.9 Å². The third kappa shape index (κ3) is 3.19. The Labute approximate surface area is 161 Å². The van der Waals surface area contributed by atoms with Gasteiger partial charge in [0.1, 0.15) is 6.61 Å². The molecule has 3 nitrogen and oxygen atoms in total. The van der Waals surface area contributed by atoms with E-state index in [0.29, 0.717) is 6.61 Å². The minimum Gasteiger partial charge on any atom is -0.461 e. The van der Waals surface area contributed by atoms with Gasteiger partial charge < -0.3 is 9.47 Å². The number of hydrogen-bond donors (Lipinski definition) is 0. The molecule has 2 aromatic carbocycles. The highest BCUT2D eigenvalue weighted by Gasteiger charge is 2.73. The van der Waals surface area contributed by atoms with E-state index in [2.05, 4.69) is 52.8 Å². The molecule has 3 atom stereocenters. The maximum Gasteiger partial charge on any atom is 0.310 e. The Bertz CT molecular complexity index is 866. The summed E-state index contributed by atoms with van der Waals surface area (Å²) in [5, 5.41) is 0. The van der Waals surface area contributed by atoms with E-state index >= 15 is 0 Å². The van der Waals surface area contributed by atoms with E-state index in [1.165, 1.54) is 11.1 Å². The van der Waals surface area contributed by atoms with Crippen LogP contribution in [0.15, 0.2) is 48.5 Å². The van der Waals surface area contributed by atoms with Crippen LogP contribution in [-0.2, 0) is 20.9 Å². The molecule has 1 heterocycles. The maximum absolute atomic E-state index is 12.7.